The van der Waals surface area contributed by atoms with Crippen LogP contribution >= 0.6 is 0 Å². The fourth-order valence-electron chi connectivity index (χ4n) is 4.25. The Hall–Kier alpha value is -0.780. The molecule has 2 bridgehead atoms. The summed E-state index contributed by atoms with van der Waals surface area (Å²) in [4.78, 5) is 0. The second kappa shape index (κ2) is 2.42. The van der Waals surface area contributed by atoms with Gasteiger partial charge in [0.15, 0.2) is 0 Å². The number of hydrogen-bond acceptors (Lipinski definition) is 0. The number of rotatable bonds is 0. The molecule has 0 spiro atoms. The third-order valence-corrected chi connectivity index (χ3v) is 4.78. The highest BCUT2D eigenvalue weighted by Crippen LogP contribution is 2.58. The van der Waals surface area contributed by atoms with Gasteiger partial charge >= 0.3 is 0 Å². The van der Waals surface area contributed by atoms with E-state index in [1.54, 1.807) is 11.1 Å². The van der Waals surface area contributed by atoms with Crippen molar-refractivity contribution in [2.24, 2.45) is 23.7 Å². The van der Waals surface area contributed by atoms with E-state index >= 15 is 0 Å². The van der Waals surface area contributed by atoms with Gasteiger partial charge in [-0.2, -0.15) is 0 Å². The topological polar surface area (TPSA) is 0 Å². The monoisotopic (exact) mass is 184 g/mol. The first-order valence-electron chi connectivity index (χ1n) is 6.00. The minimum Gasteiger partial charge on any atom is -0.0848 e. The van der Waals surface area contributed by atoms with E-state index in [2.05, 4.69) is 24.3 Å². The number of fused-ring (bicyclic) bond motifs is 6. The van der Waals surface area contributed by atoms with Gasteiger partial charge in [0.2, 0.25) is 0 Å². The van der Waals surface area contributed by atoms with E-state index in [1.165, 1.54) is 25.7 Å². The van der Waals surface area contributed by atoms with Gasteiger partial charge in [0.25, 0.3) is 0 Å². The Balaban J connectivity index is 1.80. The van der Waals surface area contributed by atoms with Crippen molar-refractivity contribution in [3.63, 3.8) is 0 Å². The lowest BCUT2D eigenvalue weighted by molar-refractivity contribution is 0.387. The second-order valence-electron chi connectivity index (χ2n) is 5.34. The van der Waals surface area contributed by atoms with Gasteiger partial charge in [-0.05, 0) is 54.9 Å². The molecule has 0 heterocycles. The third kappa shape index (κ3) is 0.762. The first-order chi connectivity index (χ1) is 6.93. The molecule has 0 amide bonds. The van der Waals surface area contributed by atoms with Gasteiger partial charge in [-0.1, -0.05) is 29.9 Å². The maximum absolute atomic E-state index is 2.49. The molecule has 0 aromatic heterocycles. The summed E-state index contributed by atoms with van der Waals surface area (Å²) in [6.07, 6.45) is 15.3. The number of hydrogen-bond donors (Lipinski definition) is 0. The molecule has 0 aliphatic heterocycles. The van der Waals surface area contributed by atoms with Crippen LogP contribution in [0.15, 0.2) is 35.5 Å². The Labute approximate surface area is 85.4 Å². The SMILES string of the molecule is C1=CC2=C(CC1)CC1C3C=CC(C3)C21. The summed E-state index contributed by atoms with van der Waals surface area (Å²) in [5.74, 6) is 3.76. The standard InChI is InChI=1S/C14H16/c1-2-4-12-9(3-1)8-13-10-5-6-11(7-10)14(12)13/h2,4-6,10-11,13-14H,1,3,7-8H2. The molecule has 1 fully saturated rings. The zero-order valence-electron chi connectivity index (χ0n) is 8.45. The van der Waals surface area contributed by atoms with E-state index in [-0.39, 0.29) is 0 Å². The average Bonchev–Trinajstić information content (AvgIpc) is 2.88. The lowest BCUT2D eigenvalue weighted by atomic mass is 9.82. The molecular formula is C14H16. The van der Waals surface area contributed by atoms with Crippen LogP contribution in [0.5, 0.6) is 0 Å². The Morgan fingerprint density at radius 1 is 1.14 bits per heavy atom. The minimum absolute atomic E-state index is 0.903. The summed E-state index contributed by atoms with van der Waals surface area (Å²) in [6.45, 7) is 0. The molecule has 0 radical (unpaired) electrons. The normalized spacial score (nSPS) is 47.4. The maximum Gasteiger partial charge on any atom is -0.00623 e. The van der Waals surface area contributed by atoms with Crippen molar-refractivity contribution in [3.05, 3.63) is 35.5 Å². The van der Waals surface area contributed by atoms with Gasteiger partial charge in [-0.3, -0.25) is 0 Å². The van der Waals surface area contributed by atoms with Crippen LogP contribution in [0, 0.1) is 23.7 Å². The molecule has 4 atom stereocenters. The largest absolute Gasteiger partial charge is 0.0848 e. The maximum atomic E-state index is 2.49. The average molecular weight is 184 g/mol. The lowest BCUT2D eigenvalue weighted by Gasteiger charge is -2.22. The summed E-state index contributed by atoms with van der Waals surface area (Å²) in [5.41, 5.74) is 3.55. The van der Waals surface area contributed by atoms with Crippen LogP contribution in [0.25, 0.3) is 0 Å². The molecular weight excluding hydrogens is 168 g/mol. The molecule has 4 unspecified atom stereocenters. The Kier molecular flexibility index (Phi) is 1.30. The summed E-state index contributed by atoms with van der Waals surface area (Å²) in [5, 5.41) is 0. The van der Waals surface area contributed by atoms with Crippen LogP contribution in [0.1, 0.15) is 25.7 Å². The molecule has 0 nitrogen and oxygen atoms in total. The van der Waals surface area contributed by atoms with Gasteiger partial charge < -0.3 is 0 Å². The van der Waals surface area contributed by atoms with E-state index in [9.17, 15) is 0 Å². The third-order valence-electron chi connectivity index (χ3n) is 4.78. The summed E-state index contributed by atoms with van der Waals surface area (Å²) < 4.78 is 0. The first kappa shape index (κ1) is 7.50. The minimum atomic E-state index is 0.903. The van der Waals surface area contributed by atoms with Crippen LogP contribution in [0.4, 0.5) is 0 Å². The lowest BCUT2D eigenvalue weighted by Crippen LogP contribution is -2.15. The van der Waals surface area contributed by atoms with Crippen molar-refractivity contribution in [1.82, 2.24) is 0 Å². The quantitative estimate of drug-likeness (QED) is 0.506. The zero-order valence-corrected chi connectivity index (χ0v) is 8.45. The van der Waals surface area contributed by atoms with Gasteiger partial charge in [0, 0.05) is 0 Å². The van der Waals surface area contributed by atoms with Crippen LogP contribution in [-0.4, -0.2) is 0 Å². The molecule has 0 heteroatoms. The first-order valence-corrected chi connectivity index (χ1v) is 6.00. The highest BCUT2D eigenvalue weighted by atomic mass is 14.5. The van der Waals surface area contributed by atoms with Crippen LogP contribution < -0.4 is 0 Å². The Morgan fingerprint density at radius 2 is 2.07 bits per heavy atom. The summed E-state index contributed by atoms with van der Waals surface area (Å²) in [7, 11) is 0. The van der Waals surface area contributed by atoms with Crippen molar-refractivity contribution in [2.75, 3.05) is 0 Å². The van der Waals surface area contributed by atoms with E-state index in [1.807, 2.05) is 0 Å². The molecule has 1 saturated carbocycles. The van der Waals surface area contributed by atoms with E-state index < -0.39 is 0 Å². The van der Waals surface area contributed by atoms with Crippen LogP contribution in [0.2, 0.25) is 0 Å². The van der Waals surface area contributed by atoms with E-state index in [0.717, 1.165) is 23.7 Å². The molecule has 0 aromatic rings. The van der Waals surface area contributed by atoms with Gasteiger partial charge in [-0.25, -0.2) is 0 Å². The van der Waals surface area contributed by atoms with Crippen molar-refractivity contribution in [1.29, 1.82) is 0 Å². The smallest absolute Gasteiger partial charge is 0.00623 e. The molecule has 0 N–H and O–H groups in total. The second-order valence-corrected chi connectivity index (χ2v) is 5.34. The van der Waals surface area contributed by atoms with Crippen molar-refractivity contribution < 1.29 is 0 Å². The van der Waals surface area contributed by atoms with Gasteiger partial charge in [0.1, 0.15) is 0 Å². The van der Waals surface area contributed by atoms with Gasteiger partial charge in [-0.15, -0.1) is 0 Å². The van der Waals surface area contributed by atoms with Crippen molar-refractivity contribution in [2.45, 2.75) is 25.7 Å². The zero-order chi connectivity index (χ0) is 9.12. The molecule has 4 aliphatic carbocycles. The van der Waals surface area contributed by atoms with Gasteiger partial charge in [0.05, 0.1) is 0 Å². The fourth-order valence-corrected chi connectivity index (χ4v) is 4.25. The molecule has 4 rings (SSSR count). The predicted octanol–water partition coefficient (Wildman–Crippen LogP) is 3.48. The molecule has 4 aliphatic rings. The Morgan fingerprint density at radius 3 is 3.07 bits per heavy atom. The molecule has 0 aromatic carbocycles. The Bertz CT molecular complexity index is 369. The van der Waals surface area contributed by atoms with Crippen LogP contribution in [-0.2, 0) is 0 Å². The number of allylic oxidation sites excluding steroid dienone is 6. The highest BCUT2D eigenvalue weighted by Gasteiger charge is 2.49. The van der Waals surface area contributed by atoms with Crippen molar-refractivity contribution >= 4 is 0 Å². The van der Waals surface area contributed by atoms with E-state index in [4.69, 9.17) is 0 Å². The molecule has 72 valence electrons. The predicted molar refractivity (Wildman–Crippen MR) is 57.7 cm³/mol. The molecule has 0 saturated heterocycles. The highest BCUT2D eigenvalue weighted by molar-refractivity contribution is 5.41. The molecule has 14 heavy (non-hydrogen) atoms. The summed E-state index contributed by atoms with van der Waals surface area (Å²) >= 11 is 0. The van der Waals surface area contributed by atoms with Crippen molar-refractivity contribution in [3.8, 4) is 0 Å². The fraction of sp³-hybridized carbons (Fsp3) is 0.571. The van der Waals surface area contributed by atoms with E-state index in [0.29, 0.717) is 0 Å². The summed E-state index contributed by atoms with van der Waals surface area (Å²) in [6, 6.07) is 0. The van der Waals surface area contributed by atoms with Crippen LogP contribution in [0.3, 0.4) is 0 Å².